The minimum absolute atomic E-state index is 0.0354. The van der Waals surface area contributed by atoms with Crippen LogP contribution >= 0.6 is 34.4 Å². The monoisotopic (exact) mass is 344 g/mol. The first-order chi connectivity index (χ1) is 10.8. The highest BCUT2D eigenvalue weighted by molar-refractivity contribution is 8.01. The highest BCUT2D eigenvalue weighted by Crippen LogP contribution is 2.37. The van der Waals surface area contributed by atoms with Crippen LogP contribution in [0.5, 0.6) is 0 Å². The Balaban J connectivity index is 1.45. The highest BCUT2D eigenvalue weighted by atomic mass is 32.2. The van der Waals surface area contributed by atoms with Crippen LogP contribution in [0.15, 0.2) is 52.1 Å². The summed E-state index contributed by atoms with van der Waals surface area (Å²) in [6.45, 7) is 0. The van der Waals surface area contributed by atoms with Gasteiger partial charge in [-0.05, 0) is 29.5 Å². The molecule has 3 nitrogen and oxygen atoms in total. The zero-order valence-corrected chi connectivity index (χ0v) is 13.9. The normalized spacial score (nSPS) is 16.5. The number of fused-ring (bicyclic) bond motifs is 1. The number of anilines is 1. The molecule has 1 atom stereocenters. The van der Waals surface area contributed by atoms with Crippen LogP contribution < -0.4 is 5.32 Å². The number of thiophene rings is 1. The number of carbonyl (C=O) groups excluding carboxylic acids is 1. The van der Waals surface area contributed by atoms with Gasteiger partial charge >= 0.3 is 0 Å². The lowest BCUT2D eigenvalue weighted by Gasteiger charge is -2.07. The van der Waals surface area contributed by atoms with E-state index in [2.05, 4.69) is 22.4 Å². The van der Waals surface area contributed by atoms with Gasteiger partial charge < -0.3 is 5.32 Å². The topological polar surface area (TPSA) is 42.0 Å². The Morgan fingerprint density at radius 1 is 1.18 bits per heavy atom. The third-order valence-corrected chi connectivity index (χ3v) is 6.42. The Kier molecular flexibility index (Phi) is 3.73. The quantitative estimate of drug-likeness (QED) is 0.759. The fraction of sp³-hybridized carbons (Fsp3) is 0.125. The van der Waals surface area contributed by atoms with E-state index in [-0.39, 0.29) is 11.2 Å². The lowest BCUT2D eigenvalue weighted by molar-refractivity contribution is -0.115. The molecule has 1 aromatic carbocycles. The fourth-order valence-electron chi connectivity index (χ4n) is 2.38. The van der Waals surface area contributed by atoms with Gasteiger partial charge in [-0.3, -0.25) is 4.79 Å². The van der Waals surface area contributed by atoms with Crippen molar-refractivity contribution in [1.82, 2.24) is 4.98 Å². The van der Waals surface area contributed by atoms with Crippen molar-refractivity contribution in [1.29, 1.82) is 0 Å². The van der Waals surface area contributed by atoms with Gasteiger partial charge in [0.15, 0.2) is 5.13 Å². The van der Waals surface area contributed by atoms with Crippen molar-refractivity contribution in [2.45, 2.75) is 16.6 Å². The SMILES string of the molecule is O=C(Nc1nc(-c2cccs2)cs1)[C@@H]1Cc2ccccc2S1. The van der Waals surface area contributed by atoms with Crippen LogP contribution in [0.4, 0.5) is 5.13 Å². The minimum atomic E-state index is -0.0634. The van der Waals surface area contributed by atoms with Crippen LogP contribution in [0.25, 0.3) is 10.6 Å². The van der Waals surface area contributed by atoms with E-state index in [0.29, 0.717) is 5.13 Å². The number of aromatic nitrogens is 1. The molecule has 22 heavy (non-hydrogen) atoms. The molecule has 3 aromatic rings. The Morgan fingerprint density at radius 3 is 2.91 bits per heavy atom. The van der Waals surface area contributed by atoms with E-state index in [4.69, 9.17) is 0 Å². The van der Waals surface area contributed by atoms with Gasteiger partial charge in [0.25, 0.3) is 0 Å². The van der Waals surface area contributed by atoms with Crippen LogP contribution in [0.2, 0.25) is 0 Å². The molecule has 1 aliphatic rings. The second-order valence-electron chi connectivity index (χ2n) is 4.92. The molecule has 0 unspecified atom stereocenters. The third-order valence-electron chi connectivity index (χ3n) is 3.45. The van der Waals surface area contributed by atoms with Gasteiger partial charge in [0.05, 0.1) is 15.8 Å². The number of carbonyl (C=O) groups is 1. The average molecular weight is 344 g/mol. The first kappa shape index (κ1) is 14.0. The van der Waals surface area contributed by atoms with E-state index in [9.17, 15) is 4.79 Å². The van der Waals surface area contributed by atoms with Gasteiger partial charge in [-0.25, -0.2) is 4.98 Å². The summed E-state index contributed by atoms with van der Waals surface area (Å²) in [5.41, 5.74) is 2.18. The Bertz CT molecular complexity index is 785. The molecule has 0 saturated carbocycles. The van der Waals surface area contributed by atoms with Gasteiger partial charge in [-0.2, -0.15) is 0 Å². The molecule has 0 aliphatic carbocycles. The van der Waals surface area contributed by atoms with Crippen LogP contribution in [0.1, 0.15) is 5.56 Å². The minimum Gasteiger partial charge on any atom is -0.301 e. The predicted molar refractivity (Wildman–Crippen MR) is 93.8 cm³/mol. The molecule has 2 aromatic heterocycles. The van der Waals surface area contributed by atoms with Gasteiger partial charge in [0.2, 0.25) is 5.91 Å². The summed E-state index contributed by atoms with van der Waals surface area (Å²) >= 11 is 4.76. The fourth-order valence-corrected chi connectivity index (χ4v) is 5.05. The molecule has 3 heterocycles. The predicted octanol–water partition coefficient (Wildman–Crippen LogP) is 4.53. The molecule has 6 heteroatoms. The summed E-state index contributed by atoms with van der Waals surface area (Å²) in [6, 6.07) is 12.2. The van der Waals surface area contributed by atoms with E-state index in [1.54, 1.807) is 23.1 Å². The second kappa shape index (κ2) is 5.87. The molecule has 1 amide bonds. The molecule has 0 bridgehead atoms. The number of rotatable bonds is 3. The van der Waals surface area contributed by atoms with Gasteiger partial charge in [0, 0.05) is 10.3 Å². The number of thiazole rings is 1. The van der Waals surface area contributed by atoms with Crippen LogP contribution in [0, 0.1) is 0 Å². The number of benzene rings is 1. The van der Waals surface area contributed by atoms with Crippen molar-refractivity contribution in [3.63, 3.8) is 0 Å². The molecule has 4 rings (SSSR count). The summed E-state index contributed by atoms with van der Waals surface area (Å²) in [5, 5.41) is 7.57. The summed E-state index contributed by atoms with van der Waals surface area (Å²) in [5.74, 6) is 0.0354. The Hall–Kier alpha value is -1.63. The van der Waals surface area contributed by atoms with Crippen LogP contribution in [-0.4, -0.2) is 16.1 Å². The maximum atomic E-state index is 12.4. The highest BCUT2D eigenvalue weighted by Gasteiger charge is 2.28. The van der Waals surface area contributed by atoms with Crippen molar-refractivity contribution in [3.05, 3.63) is 52.7 Å². The lowest BCUT2D eigenvalue weighted by Crippen LogP contribution is -2.24. The van der Waals surface area contributed by atoms with Gasteiger partial charge in [-0.1, -0.05) is 24.3 Å². The number of thioether (sulfide) groups is 1. The Labute approximate surface area is 140 Å². The van der Waals surface area contributed by atoms with E-state index >= 15 is 0 Å². The largest absolute Gasteiger partial charge is 0.301 e. The maximum absolute atomic E-state index is 12.4. The molecule has 110 valence electrons. The molecular weight excluding hydrogens is 332 g/mol. The second-order valence-corrected chi connectivity index (χ2v) is 7.97. The molecule has 0 radical (unpaired) electrons. The van der Waals surface area contributed by atoms with Crippen LogP contribution in [0.3, 0.4) is 0 Å². The summed E-state index contributed by atoms with van der Waals surface area (Å²) in [7, 11) is 0. The van der Waals surface area contributed by atoms with Crippen molar-refractivity contribution in [3.8, 4) is 10.6 Å². The van der Waals surface area contributed by atoms with Crippen molar-refractivity contribution >= 4 is 45.5 Å². The number of hydrogen-bond donors (Lipinski definition) is 1. The molecule has 0 saturated heterocycles. The van der Waals surface area contributed by atoms with Crippen molar-refractivity contribution in [2.75, 3.05) is 5.32 Å². The third kappa shape index (κ3) is 2.69. The smallest absolute Gasteiger partial charge is 0.239 e. The van der Waals surface area contributed by atoms with Crippen LogP contribution in [-0.2, 0) is 11.2 Å². The number of nitrogens with one attached hydrogen (secondary N) is 1. The zero-order valence-electron chi connectivity index (χ0n) is 11.5. The first-order valence-corrected chi connectivity index (χ1v) is 9.48. The maximum Gasteiger partial charge on any atom is 0.239 e. The number of amides is 1. The molecule has 0 fully saturated rings. The van der Waals surface area contributed by atoms with Gasteiger partial charge in [0.1, 0.15) is 0 Å². The molecule has 1 aliphatic heterocycles. The van der Waals surface area contributed by atoms with Gasteiger partial charge in [-0.15, -0.1) is 34.4 Å². The summed E-state index contributed by atoms with van der Waals surface area (Å²) in [6.07, 6.45) is 0.788. The number of hydrogen-bond acceptors (Lipinski definition) is 5. The van der Waals surface area contributed by atoms with E-state index in [1.165, 1.54) is 21.8 Å². The van der Waals surface area contributed by atoms with E-state index < -0.39 is 0 Å². The average Bonchev–Trinajstić information content (AvgIpc) is 3.26. The first-order valence-electron chi connectivity index (χ1n) is 6.84. The summed E-state index contributed by atoms with van der Waals surface area (Å²) < 4.78 is 0. The standard InChI is InChI=1S/C16H12N2OS3/c19-15(14-8-10-4-1-2-5-12(10)22-14)18-16-17-11(9-21-16)13-6-3-7-20-13/h1-7,9,14H,8H2,(H,17,18,19)/t14-/m0/s1. The summed E-state index contributed by atoms with van der Waals surface area (Å²) in [4.78, 5) is 19.3. The zero-order chi connectivity index (χ0) is 14.9. The lowest BCUT2D eigenvalue weighted by atomic mass is 10.1. The molecule has 1 N–H and O–H groups in total. The van der Waals surface area contributed by atoms with E-state index in [0.717, 1.165) is 17.0 Å². The van der Waals surface area contributed by atoms with E-state index in [1.807, 2.05) is 35.0 Å². The molecular formula is C16H12N2OS3. The Morgan fingerprint density at radius 2 is 2.09 bits per heavy atom. The molecule has 0 spiro atoms. The van der Waals surface area contributed by atoms with Crippen molar-refractivity contribution < 1.29 is 4.79 Å². The van der Waals surface area contributed by atoms with Crippen molar-refractivity contribution in [2.24, 2.45) is 0 Å². The number of nitrogens with zero attached hydrogens (tertiary/aromatic N) is 1.